The Kier molecular flexibility index (Phi) is 3.55. The third-order valence-electron chi connectivity index (χ3n) is 4.25. The van der Waals surface area contributed by atoms with Crippen molar-refractivity contribution in [2.75, 3.05) is 0 Å². The van der Waals surface area contributed by atoms with Gasteiger partial charge >= 0.3 is 0 Å². The number of hydrogen-bond donors (Lipinski definition) is 1. The number of aliphatic hydroxyl groups excluding tert-OH is 1. The maximum Gasteiger partial charge on any atom is 0.120 e. The lowest BCUT2D eigenvalue weighted by Gasteiger charge is -2.25. The van der Waals surface area contributed by atoms with Crippen LogP contribution in [-0.4, -0.2) is 11.2 Å². The van der Waals surface area contributed by atoms with Crippen LogP contribution in [0.25, 0.3) is 0 Å². The number of rotatable bonds is 2. The molecule has 0 heterocycles. The number of aryl methyl sites for hydroxylation is 1. The first-order valence-corrected chi connectivity index (χ1v) is 7.30. The molecule has 3 rings (SSSR count). The maximum atomic E-state index is 10.0. The fourth-order valence-corrected chi connectivity index (χ4v) is 3.20. The van der Waals surface area contributed by atoms with E-state index in [0.717, 1.165) is 30.6 Å². The number of hydrogen-bond acceptors (Lipinski definition) is 2. The molecule has 1 N–H and O–H groups in total. The Balaban J connectivity index is 1.74. The van der Waals surface area contributed by atoms with Crippen LogP contribution in [-0.2, 0) is 6.42 Å². The molecule has 98 valence electrons. The Morgan fingerprint density at radius 3 is 2.67 bits per heavy atom. The van der Waals surface area contributed by atoms with Gasteiger partial charge in [-0.2, -0.15) is 0 Å². The number of fused-ring (bicyclic) bond motifs is 1. The van der Waals surface area contributed by atoms with E-state index in [1.54, 1.807) is 0 Å². The van der Waals surface area contributed by atoms with Gasteiger partial charge in [-0.25, -0.2) is 0 Å². The van der Waals surface area contributed by atoms with Crippen molar-refractivity contribution in [2.45, 2.75) is 63.6 Å². The summed E-state index contributed by atoms with van der Waals surface area (Å²) < 4.78 is 6.06. The monoisotopic (exact) mass is 246 g/mol. The molecule has 0 unspecified atom stereocenters. The van der Waals surface area contributed by atoms with Gasteiger partial charge in [0, 0.05) is 0 Å². The molecule has 2 nitrogen and oxygen atoms in total. The highest BCUT2D eigenvalue weighted by atomic mass is 16.5. The summed E-state index contributed by atoms with van der Waals surface area (Å²) in [6.45, 7) is 0. The van der Waals surface area contributed by atoms with Gasteiger partial charge in [0.1, 0.15) is 5.75 Å². The van der Waals surface area contributed by atoms with E-state index in [2.05, 4.69) is 18.2 Å². The third-order valence-corrected chi connectivity index (χ3v) is 4.25. The van der Waals surface area contributed by atoms with Crippen LogP contribution in [0, 0.1) is 0 Å². The molecule has 1 saturated carbocycles. The zero-order chi connectivity index (χ0) is 12.4. The molecule has 2 aliphatic carbocycles. The van der Waals surface area contributed by atoms with Gasteiger partial charge in [0.05, 0.1) is 12.2 Å². The van der Waals surface area contributed by atoms with Gasteiger partial charge in [-0.1, -0.05) is 12.5 Å². The van der Waals surface area contributed by atoms with Crippen LogP contribution in [0.1, 0.15) is 62.2 Å². The van der Waals surface area contributed by atoms with Crippen LogP contribution >= 0.6 is 0 Å². The molecule has 2 aliphatic rings. The molecule has 1 fully saturated rings. The zero-order valence-corrected chi connectivity index (χ0v) is 10.9. The molecular weight excluding hydrogens is 224 g/mol. The Labute approximate surface area is 109 Å². The van der Waals surface area contributed by atoms with E-state index in [1.807, 2.05) is 0 Å². The smallest absolute Gasteiger partial charge is 0.120 e. The Bertz CT molecular complexity index is 408. The van der Waals surface area contributed by atoms with Gasteiger partial charge in [-0.15, -0.1) is 0 Å². The lowest BCUT2D eigenvalue weighted by molar-refractivity contribution is 0.147. The van der Waals surface area contributed by atoms with Crippen molar-refractivity contribution in [1.29, 1.82) is 0 Å². The fourth-order valence-electron chi connectivity index (χ4n) is 3.20. The first-order chi connectivity index (χ1) is 8.83. The van der Waals surface area contributed by atoms with Crippen LogP contribution < -0.4 is 4.74 Å². The Hall–Kier alpha value is -1.02. The Morgan fingerprint density at radius 2 is 1.83 bits per heavy atom. The lowest BCUT2D eigenvalue weighted by Crippen LogP contribution is -2.20. The summed E-state index contributed by atoms with van der Waals surface area (Å²) in [6.07, 6.45) is 9.46. The average molecular weight is 246 g/mol. The molecular formula is C16H22O2. The second-order valence-corrected chi connectivity index (χ2v) is 5.65. The summed E-state index contributed by atoms with van der Waals surface area (Å²) in [5, 5.41) is 10.0. The second-order valence-electron chi connectivity index (χ2n) is 5.65. The lowest BCUT2D eigenvalue weighted by atomic mass is 9.89. The average Bonchev–Trinajstić information content (AvgIpc) is 2.41. The minimum atomic E-state index is -0.288. The van der Waals surface area contributed by atoms with Crippen LogP contribution in [0.2, 0.25) is 0 Å². The molecule has 1 atom stereocenters. The van der Waals surface area contributed by atoms with Crippen LogP contribution in [0.4, 0.5) is 0 Å². The van der Waals surface area contributed by atoms with E-state index in [-0.39, 0.29) is 6.10 Å². The van der Waals surface area contributed by atoms with Gasteiger partial charge in [0.25, 0.3) is 0 Å². The summed E-state index contributed by atoms with van der Waals surface area (Å²) in [5.41, 5.74) is 2.39. The van der Waals surface area contributed by atoms with Crippen LogP contribution in [0.5, 0.6) is 5.75 Å². The number of aliphatic hydroxyl groups is 1. The van der Waals surface area contributed by atoms with Gasteiger partial charge in [-0.3, -0.25) is 0 Å². The molecule has 0 saturated heterocycles. The fraction of sp³-hybridized carbons (Fsp3) is 0.625. The van der Waals surface area contributed by atoms with Crippen molar-refractivity contribution >= 4 is 0 Å². The SMILES string of the molecule is O[C@H]1CCCc2ccc(OC3CCCCC3)cc21. The summed E-state index contributed by atoms with van der Waals surface area (Å²) in [4.78, 5) is 0. The largest absolute Gasteiger partial charge is 0.490 e. The first-order valence-electron chi connectivity index (χ1n) is 7.30. The minimum absolute atomic E-state index is 0.288. The van der Waals surface area contributed by atoms with Crippen molar-refractivity contribution in [3.8, 4) is 5.75 Å². The number of benzene rings is 1. The van der Waals surface area contributed by atoms with E-state index in [0.29, 0.717) is 6.10 Å². The molecule has 0 spiro atoms. The van der Waals surface area contributed by atoms with Crippen molar-refractivity contribution in [1.82, 2.24) is 0 Å². The van der Waals surface area contributed by atoms with Gasteiger partial charge in [0.15, 0.2) is 0 Å². The van der Waals surface area contributed by atoms with Crippen LogP contribution in [0.15, 0.2) is 18.2 Å². The van der Waals surface area contributed by atoms with Crippen molar-refractivity contribution in [3.63, 3.8) is 0 Å². The Morgan fingerprint density at radius 1 is 1.00 bits per heavy atom. The summed E-state index contributed by atoms with van der Waals surface area (Å²) in [5.74, 6) is 0.946. The second kappa shape index (κ2) is 5.31. The molecule has 2 heteroatoms. The van der Waals surface area contributed by atoms with E-state index in [9.17, 15) is 5.11 Å². The molecule has 0 aliphatic heterocycles. The standard InChI is InChI=1S/C16H22O2/c17-16-8-4-5-12-9-10-14(11-15(12)16)18-13-6-2-1-3-7-13/h9-11,13,16-17H,1-8H2/t16-/m0/s1. The quantitative estimate of drug-likeness (QED) is 0.860. The van der Waals surface area contributed by atoms with Crippen LogP contribution in [0.3, 0.4) is 0 Å². The molecule has 1 aromatic carbocycles. The van der Waals surface area contributed by atoms with Gasteiger partial charge < -0.3 is 9.84 Å². The normalized spacial score (nSPS) is 24.6. The zero-order valence-electron chi connectivity index (χ0n) is 10.9. The molecule has 0 amide bonds. The molecule has 1 aromatic rings. The van der Waals surface area contributed by atoms with E-state index in [4.69, 9.17) is 4.74 Å². The van der Waals surface area contributed by atoms with Crippen molar-refractivity contribution < 1.29 is 9.84 Å². The highest BCUT2D eigenvalue weighted by Crippen LogP contribution is 2.33. The van der Waals surface area contributed by atoms with E-state index in [1.165, 1.54) is 37.7 Å². The number of ether oxygens (including phenoxy) is 1. The molecule has 0 aromatic heterocycles. The predicted octanol–water partition coefficient (Wildman–Crippen LogP) is 3.77. The molecule has 0 bridgehead atoms. The van der Waals surface area contributed by atoms with E-state index < -0.39 is 0 Å². The molecule has 18 heavy (non-hydrogen) atoms. The predicted molar refractivity (Wildman–Crippen MR) is 71.8 cm³/mol. The molecule has 0 radical (unpaired) electrons. The topological polar surface area (TPSA) is 29.5 Å². The maximum absolute atomic E-state index is 10.0. The van der Waals surface area contributed by atoms with Gasteiger partial charge in [-0.05, 0) is 68.2 Å². The van der Waals surface area contributed by atoms with Crippen molar-refractivity contribution in [2.24, 2.45) is 0 Å². The summed E-state index contributed by atoms with van der Waals surface area (Å²) in [6, 6.07) is 6.27. The third kappa shape index (κ3) is 2.54. The van der Waals surface area contributed by atoms with Crippen molar-refractivity contribution in [3.05, 3.63) is 29.3 Å². The minimum Gasteiger partial charge on any atom is -0.490 e. The van der Waals surface area contributed by atoms with E-state index >= 15 is 0 Å². The summed E-state index contributed by atoms with van der Waals surface area (Å²) in [7, 11) is 0. The summed E-state index contributed by atoms with van der Waals surface area (Å²) >= 11 is 0. The first kappa shape index (κ1) is 12.0. The van der Waals surface area contributed by atoms with Gasteiger partial charge in [0.2, 0.25) is 0 Å². The highest BCUT2D eigenvalue weighted by molar-refractivity contribution is 5.38. The highest BCUT2D eigenvalue weighted by Gasteiger charge is 2.20.